The molecule has 0 aliphatic carbocycles. The fourth-order valence-corrected chi connectivity index (χ4v) is 2.45. The van der Waals surface area contributed by atoms with Gasteiger partial charge in [-0.1, -0.05) is 11.3 Å². The summed E-state index contributed by atoms with van der Waals surface area (Å²) in [6, 6.07) is 0.275. The van der Waals surface area contributed by atoms with Gasteiger partial charge in [-0.15, -0.1) is 0 Å². The number of anilines is 2. The Hall–Kier alpha value is -1.30. The minimum absolute atomic E-state index is 0.0400. The summed E-state index contributed by atoms with van der Waals surface area (Å²) in [5.74, 6) is 0.275. The summed E-state index contributed by atoms with van der Waals surface area (Å²) >= 11 is 1.32. The first-order chi connectivity index (χ1) is 7.99. The van der Waals surface area contributed by atoms with Crippen LogP contribution in [-0.4, -0.2) is 34.9 Å². The summed E-state index contributed by atoms with van der Waals surface area (Å²) in [5.41, 5.74) is 5.78. The Morgan fingerprint density at radius 1 is 1.47 bits per heavy atom. The molecule has 1 aromatic rings. The molecule has 0 bridgehead atoms. The molecule has 0 spiro atoms. The Morgan fingerprint density at radius 3 is 2.53 bits per heavy atom. The topological polar surface area (TPSA) is 71.2 Å². The molecule has 96 valence electrons. The van der Waals surface area contributed by atoms with Crippen molar-refractivity contribution in [1.82, 2.24) is 9.88 Å². The molecular weight excluding hydrogens is 236 g/mol. The number of nitrogens with two attached hydrogens (primary N) is 1. The SMILES string of the molecule is CCN(CC)C(=O)c1sc(NC(C)C)nc1N. The lowest BCUT2D eigenvalue weighted by atomic mass is 10.4. The van der Waals surface area contributed by atoms with Gasteiger partial charge in [0.25, 0.3) is 5.91 Å². The van der Waals surface area contributed by atoms with Crippen LogP contribution in [0, 0.1) is 0 Å². The number of carbonyl (C=O) groups excluding carboxylic acids is 1. The number of aromatic nitrogens is 1. The van der Waals surface area contributed by atoms with Crippen LogP contribution in [0.1, 0.15) is 37.4 Å². The third-order valence-corrected chi connectivity index (χ3v) is 3.30. The average Bonchev–Trinajstić information content (AvgIpc) is 2.60. The van der Waals surface area contributed by atoms with Crippen molar-refractivity contribution >= 4 is 28.2 Å². The zero-order valence-corrected chi connectivity index (χ0v) is 11.6. The fourth-order valence-electron chi connectivity index (χ4n) is 1.45. The lowest BCUT2D eigenvalue weighted by molar-refractivity contribution is 0.0778. The first kappa shape index (κ1) is 13.8. The molecule has 0 atom stereocenters. The molecule has 3 N–H and O–H groups in total. The van der Waals surface area contributed by atoms with Crippen molar-refractivity contribution in [3.63, 3.8) is 0 Å². The average molecular weight is 256 g/mol. The maximum Gasteiger partial charge on any atom is 0.267 e. The Bertz CT molecular complexity index is 385. The van der Waals surface area contributed by atoms with Gasteiger partial charge >= 0.3 is 0 Å². The van der Waals surface area contributed by atoms with Crippen LogP contribution in [0.15, 0.2) is 0 Å². The summed E-state index contributed by atoms with van der Waals surface area (Å²) in [7, 11) is 0. The molecule has 5 nitrogen and oxygen atoms in total. The second-order valence-electron chi connectivity index (χ2n) is 4.01. The molecule has 0 aliphatic rings. The van der Waals surface area contributed by atoms with Crippen LogP contribution in [0.25, 0.3) is 0 Å². The summed E-state index contributed by atoms with van der Waals surface area (Å²) in [5, 5.41) is 3.85. The van der Waals surface area contributed by atoms with E-state index in [1.165, 1.54) is 11.3 Å². The van der Waals surface area contributed by atoms with Crippen LogP contribution in [0.3, 0.4) is 0 Å². The lowest BCUT2D eigenvalue weighted by Crippen LogP contribution is -2.30. The molecule has 1 rings (SSSR count). The number of hydrogen-bond acceptors (Lipinski definition) is 5. The second kappa shape index (κ2) is 5.86. The van der Waals surface area contributed by atoms with Gasteiger partial charge in [0.1, 0.15) is 10.7 Å². The normalized spacial score (nSPS) is 10.6. The summed E-state index contributed by atoms with van der Waals surface area (Å²) in [4.78, 5) is 18.5. The Labute approximate surface area is 106 Å². The zero-order chi connectivity index (χ0) is 13.0. The number of carbonyl (C=O) groups is 1. The molecule has 6 heteroatoms. The molecule has 0 fully saturated rings. The van der Waals surface area contributed by atoms with Crippen LogP contribution < -0.4 is 11.1 Å². The number of thiazole rings is 1. The van der Waals surface area contributed by atoms with E-state index in [1.807, 2.05) is 27.7 Å². The maximum atomic E-state index is 12.1. The Morgan fingerprint density at radius 2 is 2.06 bits per heavy atom. The predicted molar refractivity (Wildman–Crippen MR) is 72.5 cm³/mol. The molecule has 0 saturated carbocycles. The van der Waals surface area contributed by atoms with Crippen molar-refractivity contribution in [2.75, 3.05) is 24.1 Å². The number of nitrogens with one attached hydrogen (secondary N) is 1. The van der Waals surface area contributed by atoms with Crippen molar-refractivity contribution in [1.29, 1.82) is 0 Å². The third kappa shape index (κ3) is 3.33. The fraction of sp³-hybridized carbons (Fsp3) is 0.636. The Kier molecular flexibility index (Phi) is 4.74. The highest BCUT2D eigenvalue weighted by molar-refractivity contribution is 7.18. The lowest BCUT2D eigenvalue weighted by Gasteiger charge is -2.17. The van der Waals surface area contributed by atoms with E-state index < -0.39 is 0 Å². The standard InChI is InChI=1S/C11H20N4OS/c1-5-15(6-2)10(16)8-9(12)14-11(17-8)13-7(3)4/h7H,5-6,12H2,1-4H3,(H,13,14). The number of amides is 1. The van der Waals surface area contributed by atoms with Crippen LogP contribution in [0.5, 0.6) is 0 Å². The number of nitrogens with zero attached hydrogens (tertiary/aromatic N) is 2. The number of hydrogen-bond donors (Lipinski definition) is 2. The van der Waals surface area contributed by atoms with Gasteiger partial charge in [-0.25, -0.2) is 4.98 Å². The zero-order valence-electron chi connectivity index (χ0n) is 10.8. The first-order valence-electron chi connectivity index (χ1n) is 5.81. The predicted octanol–water partition coefficient (Wildman–Crippen LogP) is 2.03. The maximum absolute atomic E-state index is 12.1. The van der Waals surface area contributed by atoms with Crippen LogP contribution >= 0.6 is 11.3 Å². The third-order valence-electron chi connectivity index (χ3n) is 2.31. The van der Waals surface area contributed by atoms with Gasteiger partial charge < -0.3 is 16.0 Å². The summed E-state index contributed by atoms with van der Waals surface area (Å²) in [6.07, 6.45) is 0. The molecule has 1 amide bonds. The van der Waals surface area contributed by atoms with Gasteiger partial charge in [-0.05, 0) is 27.7 Å². The molecule has 1 heterocycles. The molecule has 0 aromatic carbocycles. The molecule has 0 aliphatic heterocycles. The van der Waals surface area contributed by atoms with Gasteiger partial charge in [0, 0.05) is 19.1 Å². The number of rotatable bonds is 5. The summed E-state index contributed by atoms with van der Waals surface area (Å²) < 4.78 is 0. The van der Waals surface area contributed by atoms with E-state index >= 15 is 0 Å². The molecule has 0 radical (unpaired) electrons. The monoisotopic (exact) mass is 256 g/mol. The van der Waals surface area contributed by atoms with Crippen molar-refractivity contribution in [3.8, 4) is 0 Å². The molecule has 17 heavy (non-hydrogen) atoms. The van der Waals surface area contributed by atoms with E-state index in [2.05, 4.69) is 10.3 Å². The van der Waals surface area contributed by atoms with Gasteiger partial charge in [0.15, 0.2) is 5.13 Å². The summed E-state index contributed by atoms with van der Waals surface area (Å²) in [6.45, 7) is 9.30. The van der Waals surface area contributed by atoms with E-state index in [0.29, 0.717) is 28.9 Å². The highest BCUT2D eigenvalue weighted by Gasteiger charge is 2.20. The van der Waals surface area contributed by atoms with Crippen molar-refractivity contribution in [2.24, 2.45) is 0 Å². The highest BCUT2D eigenvalue weighted by atomic mass is 32.1. The molecule has 0 saturated heterocycles. The molecule has 1 aromatic heterocycles. The first-order valence-corrected chi connectivity index (χ1v) is 6.63. The Balaban J connectivity index is 2.90. The minimum atomic E-state index is -0.0400. The van der Waals surface area contributed by atoms with E-state index in [0.717, 1.165) is 0 Å². The second-order valence-corrected chi connectivity index (χ2v) is 5.01. The van der Waals surface area contributed by atoms with Crippen LogP contribution in [0.2, 0.25) is 0 Å². The number of nitrogen functional groups attached to an aromatic ring is 1. The van der Waals surface area contributed by atoms with Gasteiger partial charge in [0.05, 0.1) is 0 Å². The van der Waals surface area contributed by atoms with Gasteiger partial charge in [-0.3, -0.25) is 4.79 Å². The molecular formula is C11H20N4OS. The highest BCUT2D eigenvalue weighted by Crippen LogP contribution is 2.26. The van der Waals surface area contributed by atoms with E-state index in [1.54, 1.807) is 4.90 Å². The van der Waals surface area contributed by atoms with Crippen molar-refractivity contribution in [2.45, 2.75) is 33.7 Å². The minimum Gasteiger partial charge on any atom is -0.382 e. The van der Waals surface area contributed by atoms with Crippen molar-refractivity contribution < 1.29 is 4.79 Å². The van der Waals surface area contributed by atoms with Crippen LogP contribution in [-0.2, 0) is 0 Å². The molecule has 0 unspecified atom stereocenters. The van der Waals surface area contributed by atoms with E-state index in [4.69, 9.17) is 5.73 Å². The smallest absolute Gasteiger partial charge is 0.267 e. The van der Waals surface area contributed by atoms with E-state index in [9.17, 15) is 4.79 Å². The van der Waals surface area contributed by atoms with Crippen LogP contribution in [0.4, 0.5) is 10.9 Å². The van der Waals surface area contributed by atoms with Gasteiger partial charge in [0.2, 0.25) is 0 Å². The quantitative estimate of drug-likeness (QED) is 0.845. The largest absolute Gasteiger partial charge is 0.382 e. The van der Waals surface area contributed by atoms with Crippen molar-refractivity contribution in [3.05, 3.63) is 4.88 Å². The van der Waals surface area contributed by atoms with E-state index in [-0.39, 0.29) is 11.9 Å². The van der Waals surface area contributed by atoms with Gasteiger partial charge in [-0.2, -0.15) is 0 Å².